The van der Waals surface area contributed by atoms with Gasteiger partial charge in [-0.1, -0.05) is 23.8 Å². The number of aryl methyl sites for hydroxylation is 2. The maximum atomic E-state index is 10.2. The summed E-state index contributed by atoms with van der Waals surface area (Å²) in [4.78, 5) is 0. The lowest BCUT2D eigenvalue weighted by Crippen LogP contribution is -2.17. The van der Waals surface area contributed by atoms with Crippen molar-refractivity contribution in [3.8, 4) is 0 Å². The molecule has 1 N–H and O–H groups in total. The summed E-state index contributed by atoms with van der Waals surface area (Å²) >= 11 is 0. The van der Waals surface area contributed by atoms with Crippen LogP contribution in [0.4, 0.5) is 0 Å². The fourth-order valence-electron chi connectivity index (χ4n) is 2.19. The number of ether oxygens (including phenoxy) is 1. The van der Waals surface area contributed by atoms with Crippen molar-refractivity contribution in [2.45, 2.75) is 39.2 Å². The average molecular weight is 232 g/mol. The molecular weight excluding hydrogens is 212 g/mol. The van der Waals surface area contributed by atoms with Crippen LogP contribution < -0.4 is 0 Å². The summed E-state index contributed by atoms with van der Waals surface area (Å²) < 4.78 is 5.27. The molecule has 92 valence electrons. The molecule has 2 nitrogen and oxygen atoms in total. The van der Waals surface area contributed by atoms with Crippen LogP contribution in [-0.4, -0.2) is 17.8 Å². The molecule has 1 aliphatic rings. The van der Waals surface area contributed by atoms with E-state index >= 15 is 0 Å². The van der Waals surface area contributed by atoms with Crippen molar-refractivity contribution in [3.63, 3.8) is 0 Å². The molecule has 1 aromatic rings. The first-order chi connectivity index (χ1) is 8.16. The van der Waals surface area contributed by atoms with Gasteiger partial charge < -0.3 is 9.84 Å². The SMILES string of the molecule is Cc1ccc(C)c(CC(O)C2=COCCC2)c1. The van der Waals surface area contributed by atoms with Gasteiger partial charge in [0.2, 0.25) is 0 Å². The molecule has 0 spiro atoms. The largest absolute Gasteiger partial charge is 0.501 e. The Labute approximate surface area is 103 Å². The van der Waals surface area contributed by atoms with Crippen LogP contribution in [0.15, 0.2) is 30.0 Å². The molecule has 17 heavy (non-hydrogen) atoms. The lowest BCUT2D eigenvalue weighted by molar-refractivity contribution is 0.168. The van der Waals surface area contributed by atoms with Crippen molar-refractivity contribution < 1.29 is 9.84 Å². The Hall–Kier alpha value is -1.28. The Morgan fingerprint density at radius 3 is 2.88 bits per heavy atom. The minimum atomic E-state index is -0.407. The highest BCUT2D eigenvalue weighted by Crippen LogP contribution is 2.20. The second kappa shape index (κ2) is 5.37. The standard InChI is InChI=1S/C15H20O2/c1-11-5-6-12(2)14(8-11)9-15(16)13-4-3-7-17-10-13/h5-6,8,10,15-16H,3-4,7,9H2,1-2H3. The number of benzene rings is 1. The fraction of sp³-hybridized carbons (Fsp3) is 0.467. The lowest BCUT2D eigenvalue weighted by Gasteiger charge is -2.19. The minimum absolute atomic E-state index is 0.407. The molecule has 1 heterocycles. The molecule has 2 heteroatoms. The van der Waals surface area contributed by atoms with Gasteiger partial charge in [-0.3, -0.25) is 0 Å². The Bertz CT molecular complexity index is 421. The molecule has 0 amide bonds. The first kappa shape index (κ1) is 12.2. The molecule has 1 unspecified atom stereocenters. The van der Waals surface area contributed by atoms with Crippen molar-refractivity contribution in [2.75, 3.05) is 6.61 Å². The van der Waals surface area contributed by atoms with Crippen LogP contribution in [0.1, 0.15) is 29.5 Å². The second-order valence-electron chi connectivity index (χ2n) is 4.82. The van der Waals surface area contributed by atoms with Gasteiger partial charge in [0, 0.05) is 6.42 Å². The van der Waals surface area contributed by atoms with Gasteiger partial charge in [-0.15, -0.1) is 0 Å². The van der Waals surface area contributed by atoms with Gasteiger partial charge >= 0.3 is 0 Å². The van der Waals surface area contributed by atoms with E-state index in [0.717, 1.165) is 25.0 Å². The summed E-state index contributed by atoms with van der Waals surface area (Å²) in [7, 11) is 0. The van der Waals surface area contributed by atoms with Crippen LogP contribution in [0.2, 0.25) is 0 Å². The van der Waals surface area contributed by atoms with E-state index in [1.165, 1.54) is 16.7 Å². The zero-order valence-electron chi connectivity index (χ0n) is 10.6. The Balaban J connectivity index is 2.09. The monoisotopic (exact) mass is 232 g/mol. The highest BCUT2D eigenvalue weighted by atomic mass is 16.5. The quantitative estimate of drug-likeness (QED) is 0.868. The average Bonchev–Trinajstić information content (AvgIpc) is 2.35. The normalized spacial score (nSPS) is 17.2. The maximum Gasteiger partial charge on any atom is 0.0876 e. The topological polar surface area (TPSA) is 29.5 Å². The van der Waals surface area contributed by atoms with Gasteiger partial charge in [-0.25, -0.2) is 0 Å². The highest BCUT2D eigenvalue weighted by molar-refractivity contribution is 5.32. The molecule has 0 bridgehead atoms. The van der Waals surface area contributed by atoms with Crippen molar-refractivity contribution in [2.24, 2.45) is 0 Å². The highest BCUT2D eigenvalue weighted by Gasteiger charge is 2.15. The van der Waals surface area contributed by atoms with Gasteiger partial charge in [-0.05, 0) is 43.4 Å². The Kier molecular flexibility index (Phi) is 3.85. The number of aliphatic hydroxyl groups excluding tert-OH is 1. The predicted octanol–water partition coefficient (Wildman–Crippen LogP) is 2.90. The zero-order valence-corrected chi connectivity index (χ0v) is 10.6. The van der Waals surface area contributed by atoms with E-state index in [4.69, 9.17) is 4.74 Å². The van der Waals surface area contributed by atoms with Crippen LogP contribution >= 0.6 is 0 Å². The first-order valence-corrected chi connectivity index (χ1v) is 6.21. The molecular formula is C15H20O2. The summed E-state index contributed by atoms with van der Waals surface area (Å²) in [6.45, 7) is 4.95. The molecule has 0 saturated heterocycles. The third-order valence-electron chi connectivity index (χ3n) is 3.31. The van der Waals surface area contributed by atoms with Crippen molar-refractivity contribution in [1.29, 1.82) is 0 Å². The maximum absolute atomic E-state index is 10.2. The van der Waals surface area contributed by atoms with Gasteiger partial charge in [0.05, 0.1) is 19.0 Å². The molecule has 2 rings (SSSR count). The second-order valence-corrected chi connectivity index (χ2v) is 4.82. The molecule has 0 aromatic heterocycles. The summed E-state index contributed by atoms with van der Waals surface area (Å²) in [5.41, 5.74) is 4.74. The predicted molar refractivity (Wildman–Crippen MR) is 68.9 cm³/mol. The van der Waals surface area contributed by atoms with Crippen LogP contribution in [0.25, 0.3) is 0 Å². The lowest BCUT2D eigenvalue weighted by atomic mass is 9.95. The third kappa shape index (κ3) is 3.10. The van der Waals surface area contributed by atoms with E-state index < -0.39 is 6.10 Å². The summed E-state index contributed by atoms with van der Waals surface area (Å²) in [6, 6.07) is 6.38. The number of rotatable bonds is 3. The number of hydrogen-bond acceptors (Lipinski definition) is 2. The van der Waals surface area contributed by atoms with Crippen molar-refractivity contribution >= 4 is 0 Å². The van der Waals surface area contributed by atoms with Gasteiger partial charge in [0.15, 0.2) is 0 Å². The summed E-state index contributed by atoms with van der Waals surface area (Å²) in [5, 5.41) is 10.2. The fourth-order valence-corrected chi connectivity index (χ4v) is 2.19. The van der Waals surface area contributed by atoms with E-state index in [1.807, 2.05) is 0 Å². The van der Waals surface area contributed by atoms with E-state index in [-0.39, 0.29) is 0 Å². The van der Waals surface area contributed by atoms with E-state index in [9.17, 15) is 5.11 Å². The number of aliphatic hydroxyl groups is 1. The Morgan fingerprint density at radius 1 is 1.35 bits per heavy atom. The van der Waals surface area contributed by atoms with E-state index in [1.54, 1.807) is 6.26 Å². The molecule has 0 aliphatic carbocycles. The molecule has 0 fully saturated rings. The van der Waals surface area contributed by atoms with Crippen LogP contribution in [0, 0.1) is 13.8 Å². The molecule has 1 atom stereocenters. The van der Waals surface area contributed by atoms with Crippen LogP contribution in [0.3, 0.4) is 0 Å². The number of hydrogen-bond donors (Lipinski definition) is 1. The van der Waals surface area contributed by atoms with Crippen molar-refractivity contribution in [3.05, 3.63) is 46.7 Å². The van der Waals surface area contributed by atoms with Crippen molar-refractivity contribution in [1.82, 2.24) is 0 Å². The zero-order chi connectivity index (χ0) is 12.3. The van der Waals surface area contributed by atoms with Gasteiger partial charge in [0.1, 0.15) is 0 Å². The Morgan fingerprint density at radius 2 is 2.18 bits per heavy atom. The van der Waals surface area contributed by atoms with Crippen LogP contribution in [0.5, 0.6) is 0 Å². The molecule has 0 saturated carbocycles. The van der Waals surface area contributed by atoms with Crippen LogP contribution in [-0.2, 0) is 11.2 Å². The summed E-state index contributed by atoms with van der Waals surface area (Å²) in [5.74, 6) is 0. The molecule has 1 aliphatic heterocycles. The van der Waals surface area contributed by atoms with E-state index in [0.29, 0.717) is 6.42 Å². The first-order valence-electron chi connectivity index (χ1n) is 6.21. The summed E-state index contributed by atoms with van der Waals surface area (Å²) in [6.07, 6.45) is 3.97. The smallest absolute Gasteiger partial charge is 0.0876 e. The third-order valence-corrected chi connectivity index (χ3v) is 3.31. The molecule has 0 radical (unpaired) electrons. The minimum Gasteiger partial charge on any atom is -0.501 e. The molecule has 1 aromatic carbocycles. The van der Waals surface area contributed by atoms with Gasteiger partial charge in [0.25, 0.3) is 0 Å². The van der Waals surface area contributed by atoms with Gasteiger partial charge in [-0.2, -0.15) is 0 Å². The van der Waals surface area contributed by atoms with E-state index in [2.05, 4.69) is 32.0 Å².